The maximum Gasteiger partial charge on any atom is 0.309 e. The van der Waals surface area contributed by atoms with Crippen LogP contribution < -0.4 is 5.19 Å². The van der Waals surface area contributed by atoms with Gasteiger partial charge >= 0.3 is 5.97 Å². The van der Waals surface area contributed by atoms with E-state index >= 15 is 0 Å². The Balaban J connectivity index is 1.80. The van der Waals surface area contributed by atoms with Crippen molar-refractivity contribution in [2.45, 2.75) is 25.6 Å². The molecule has 2 aliphatic carbocycles. The Kier molecular flexibility index (Phi) is 3.33. The minimum atomic E-state index is -1.57. The molecule has 0 N–H and O–H groups in total. The van der Waals surface area contributed by atoms with Gasteiger partial charge in [-0.3, -0.25) is 4.79 Å². The van der Waals surface area contributed by atoms with Gasteiger partial charge in [0.15, 0.2) is 0 Å². The van der Waals surface area contributed by atoms with Gasteiger partial charge in [-0.05, 0) is 24.3 Å². The van der Waals surface area contributed by atoms with E-state index in [9.17, 15) is 4.79 Å². The van der Waals surface area contributed by atoms with E-state index < -0.39 is 8.07 Å². The lowest BCUT2D eigenvalue weighted by molar-refractivity contribution is -0.145. The van der Waals surface area contributed by atoms with E-state index in [1.807, 2.05) is 6.92 Å². The number of allylic oxidation sites excluding steroid dienone is 2. The first-order valence-electron chi connectivity index (χ1n) is 7.48. The molecular formula is C17H22O2Si. The number of esters is 1. The molecule has 2 nitrogen and oxygen atoms in total. The molecule has 0 aromatic heterocycles. The maximum atomic E-state index is 12.0. The number of hydrogen-bond donors (Lipinski definition) is 0. The summed E-state index contributed by atoms with van der Waals surface area (Å²) < 4.78 is 5.21. The van der Waals surface area contributed by atoms with Gasteiger partial charge in [0.1, 0.15) is 0 Å². The largest absolute Gasteiger partial charge is 0.466 e. The summed E-state index contributed by atoms with van der Waals surface area (Å²) in [7, 11) is -1.57. The van der Waals surface area contributed by atoms with Gasteiger partial charge in [0.05, 0.1) is 20.6 Å². The highest BCUT2D eigenvalue weighted by molar-refractivity contribution is 6.91. The molecule has 1 saturated carbocycles. The second-order valence-corrected chi connectivity index (χ2v) is 11.1. The molecule has 0 unspecified atom stereocenters. The molecule has 0 aliphatic heterocycles. The van der Waals surface area contributed by atoms with Crippen molar-refractivity contribution in [3.05, 3.63) is 42.5 Å². The number of carbonyl (C=O) groups is 1. The minimum Gasteiger partial charge on any atom is -0.466 e. The molecule has 0 amide bonds. The predicted molar refractivity (Wildman–Crippen MR) is 83.6 cm³/mol. The summed E-state index contributed by atoms with van der Waals surface area (Å²) in [5.41, 5.74) is 0.560. The van der Waals surface area contributed by atoms with Gasteiger partial charge in [-0.15, -0.1) is 0 Å². The third-order valence-electron chi connectivity index (χ3n) is 5.00. The summed E-state index contributed by atoms with van der Waals surface area (Å²) >= 11 is 0. The van der Waals surface area contributed by atoms with Crippen LogP contribution in [0.15, 0.2) is 42.5 Å². The second kappa shape index (κ2) is 4.88. The zero-order valence-corrected chi connectivity index (χ0v) is 13.4. The van der Waals surface area contributed by atoms with E-state index in [0.717, 1.165) is 0 Å². The van der Waals surface area contributed by atoms with Crippen LogP contribution in [0.1, 0.15) is 6.92 Å². The van der Waals surface area contributed by atoms with Crippen molar-refractivity contribution in [1.29, 1.82) is 0 Å². The fourth-order valence-corrected chi connectivity index (χ4v) is 7.20. The van der Waals surface area contributed by atoms with Crippen LogP contribution in [0.3, 0.4) is 0 Å². The first-order valence-corrected chi connectivity index (χ1v) is 10.6. The number of ether oxygens (including phenoxy) is 1. The molecule has 0 bridgehead atoms. The van der Waals surface area contributed by atoms with Crippen LogP contribution >= 0.6 is 0 Å². The third-order valence-corrected chi connectivity index (χ3v) is 9.06. The Morgan fingerprint density at radius 3 is 2.55 bits per heavy atom. The monoisotopic (exact) mass is 286 g/mol. The SMILES string of the molecule is CCOC(=O)[C@@H]1[C@H]2C=C[C@@H]([Si](C)(C)c3ccccc3)[C@H]21. The maximum absolute atomic E-state index is 12.0. The molecule has 106 valence electrons. The average Bonchev–Trinajstić information content (AvgIpc) is 2.99. The van der Waals surface area contributed by atoms with Gasteiger partial charge in [0.25, 0.3) is 0 Å². The van der Waals surface area contributed by atoms with Crippen LogP contribution in [0.2, 0.25) is 18.6 Å². The molecule has 1 fully saturated rings. The standard InChI is InChI=1S/C17H22O2Si/c1-4-19-17(18)16-13-10-11-14(15(13)16)20(2,3)12-8-6-5-7-9-12/h5-11,13-16H,4H2,1-3H3/t13-,14+,15-,16+/m0/s1. The van der Waals surface area contributed by atoms with Crippen molar-refractivity contribution in [1.82, 2.24) is 0 Å². The van der Waals surface area contributed by atoms with Gasteiger partial charge in [0.2, 0.25) is 0 Å². The molecule has 0 spiro atoms. The van der Waals surface area contributed by atoms with E-state index in [-0.39, 0.29) is 11.9 Å². The number of rotatable bonds is 4. The van der Waals surface area contributed by atoms with Crippen molar-refractivity contribution in [3.8, 4) is 0 Å². The van der Waals surface area contributed by atoms with E-state index in [4.69, 9.17) is 4.74 Å². The molecule has 0 heterocycles. The molecule has 0 radical (unpaired) electrons. The van der Waals surface area contributed by atoms with Crippen LogP contribution in [0.5, 0.6) is 0 Å². The fraction of sp³-hybridized carbons (Fsp3) is 0.471. The van der Waals surface area contributed by atoms with Crippen molar-refractivity contribution in [3.63, 3.8) is 0 Å². The summed E-state index contributed by atoms with van der Waals surface area (Å²) in [6.45, 7) is 7.20. The quantitative estimate of drug-likeness (QED) is 0.483. The Hall–Kier alpha value is -1.35. The highest BCUT2D eigenvalue weighted by Crippen LogP contribution is 2.62. The molecule has 1 aromatic rings. The Morgan fingerprint density at radius 1 is 1.20 bits per heavy atom. The molecule has 20 heavy (non-hydrogen) atoms. The van der Waals surface area contributed by atoms with E-state index in [0.29, 0.717) is 24.0 Å². The highest BCUT2D eigenvalue weighted by atomic mass is 28.3. The van der Waals surface area contributed by atoms with Crippen LogP contribution in [0.25, 0.3) is 0 Å². The smallest absolute Gasteiger partial charge is 0.309 e. The van der Waals surface area contributed by atoms with Gasteiger partial charge in [0, 0.05) is 0 Å². The molecule has 3 heteroatoms. The fourth-order valence-electron chi connectivity index (χ4n) is 3.78. The zero-order valence-electron chi connectivity index (χ0n) is 12.4. The van der Waals surface area contributed by atoms with Crippen LogP contribution in [-0.4, -0.2) is 20.7 Å². The summed E-state index contributed by atoms with van der Waals surface area (Å²) in [5.74, 6) is 1.07. The lowest BCUT2D eigenvalue weighted by Gasteiger charge is -2.30. The van der Waals surface area contributed by atoms with E-state index in [1.165, 1.54) is 5.19 Å². The Labute approximate surface area is 121 Å². The first-order chi connectivity index (χ1) is 9.57. The molecule has 3 rings (SSSR count). The van der Waals surface area contributed by atoms with Gasteiger partial charge < -0.3 is 4.74 Å². The van der Waals surface area contributed by atoms with Crippen molar-refractivity contribution < 1.29 is 9.53 Å². The summed E-state index contributed by atoms with van der Waals surface area (Å²) in [4.78, 5) is 12.0. The van der Waals surface area contributed by atoms with Crippen molar-refractivity contribution in [2.75, 3.05) is 6.61 Å². The number of hydrogen-bond acceptors (Lipinski definition) is 2. The van der Waals surface area contributed by atoms with Crippen LogP contribution in [-0.2, 0) is 9.53 Å². The Bertz CT molecular complexity index is 535. The zero-order chi connectivity index (χ0) is 14.3. The van der Waals surface area contributed by atoms with Gasteiger partial charge in [-0.2, -0.15) is 0 Å². The Morgan fingerprint density at radius 2 is 1.90 bits per heavy atom. The van der Waals surface area contributed by atoms with E-state index in [1.54, 1.807) is 0 Å². The normalized spacial score (nSPS) is 30.9. The van der Waals surface area contributed by atoms with Crippen LogP contribution in [0.4, 0.5) is 0 Å². The highest BCUT2D eigenvalue weighted by Gasteiger charge is 2.62. The molecule has 4 atom stereocenters. The second-order valence-electron chi connectivity index (χ2n) is 6.43. The number of fused-ring (bicyclic) bond motifs is 1. The number of benzene rings is 1. The number of carbonyl (C=O) groups excluding carboxylic acids is 1. The summed E-state index contributed by atoms with van der Waals surface area (Å²) in [5, 5.41) is 1.48. The average molecular weight is 286 g/mol. The molecule has 2 aliphatic rings. The third kappa shape index (κ3) is 2.04. The summed E-state index contributed by atoms with van der Waals surface area (Å²) in [6.07, 6.45) is 4.62. The first kappa shape index (κ1) is 13.6. The lowest BCUT2D eigenvalue weighted by Crippen LogP contribution is -2.46. The van der Waals surface area contributed by atoms with Crippen molar-refractivity contribution >= 4 is 19.2 Å². The van der Waals surface area contributed by atoms with Gasteiger partial charge in [-0.1, -0.05) is 60.8 Å². The predicted octanol–water partition coefficient (Wildman–Crippen LogP) is 2.97. The van der Waals surface area contributed by atoms with Gasteiger partial charge in [-0.25, -0.2) is 0 Å². The topological polar surface area (TPSA) is 26.3 Å². The molecular weight excluding hydrogens is 264 g/mol. The molecule has 0 saturated heterocycles. The van der Waals surface area contributed by atoms with Crippen LogP contribution in [0, 0.1) is 17.8 Å². The minimum absolute atomic E-state index is 0.00899. The van der Waals surface area contributed by atoms with Crippen molar-refractivity contribution in [2.24, 2.45) is 17.8 Å². The summed E-state index contributed by atoms with van der Waals surface area (Å²) in [6, 6.07) is 10.8. The van der Waals surface area contributed by atoms with E-state index in [2.05, 4.69) is 55.6 Å². The molecule has 1 aromatic carbocycles. The lowest BCUT2D eigenvalue weighted by atomic mass is 10.2.